The van der Waals surface area contributed by atoms with E-state index in [1.807, 2.05) is 11.7 Å². The van der Waals surface area contributed by atoms with E-state index in [4.69, 9.17) is 4.79 Å². The van der Waals surface area contributed by atoms with Crippen molar-refractivity contribution in [3.8, 4) is 0 Å². The molecule has 0 aliphatic carbocycles. The molecule has 1 nitrogen and oxygen atoms in total. The lowest BCUT2D eigenvalue weighted by Gasteiger charge is -1.05. The van der Waals surface area contributed by atoms with Crippen LogP contribution in [0.2, 0.25) is 0 Å². The van der Waals surface area contributed by atoms with Gasteiger partial charge in [0.25, 0.3) is 0 Å². The van der Waals surface area contributed by atoms with E-state index in [9.17, 15) is 0 Å². The first-order valence-corrected chi connectivity index (χ1v) is 2.82. The van der Waals surface area contributed by atoms with Gasteiger partial charge in [0.05, 0.1) is 0 Å². The molecule has 0 N–H and O–H groups in total. The highest BCUT2D eigenvalue weighted by atomic mass is 127. The third-order valence-electron chi connectivity index (χ3n) is 0. The van der Waals surface area contributed by atoms with Gasteiger partial charge in [0.2, 0.25) is 0 Å². The maximum Gasteiger partial charge on any atom is 0.106 e. The Morgan fingerprint density at radius 3 is 1.50 bits per heavy atom. The topological polar surface area (TPSA) is 17.1 Å². The van der Waals surface area contributed by atoms with Gasteiger partial charge in [0.15, 0.2) is 0 Å². The third-order valence-corrected chi connectivity index (χ3v) is 0. The summed E-state index contributed by atoms with van der Waals surface area (Å²) in [6.45, 7) is 2.00. The maximum absolute atomic E-state index is 8.00. The number of alkyl halides is 1. The maximum atomic E-state index is 8.00. The summed E-state index contributed by atoms with van der Waals surface area (Å²) >= 11 is 2.15. The van der Waals surface area contributed by atoms with E-state index in [1.165, 1.54) is 0 Å². The molecule has 0 spiro atoms. The van der Waals surface area contributed by atoms with Crippen LogP contribution in [0.1, 0.15) is 0 Å². The molecular weight excluding hydrogens is 167 g/mol. The molecule has 0 aromatic heterocycles. The number of rotatable bonds is 0. The summed E-state index contributed by atoms with van der Waals surface area (Å²) in [6.07, 6.45) is 0. The summed E-state index contributed by atoms with van der Waals surface area (Å²) in [4.78, 5) is 9.97. The first-order valence-electron chi connectivity index (χ1n) is 0.667. The minimum atomic E-state index is 1.97. The lowest BCUT2D eigenvalue weighted by molar-refractivity contribution is -0.0979. The second-order valence-electron chi connectivity index (χ2n) is 0. The van der Waals surface area contributed by atoms with E-state index in [0.717, 1.165) is 0 Å². The Kier molecular flexibility index (Phi) is 270. The van der Waals surface area contributed by atoms with Crippen molar-refractivity contribution in [2.75, 3.05) is 4.93 Å². The highest BCUT2D eigenvalue weighted by Gasteiger charge is 0.950. The second-order valence-corrected chi connectivity index (χ2v) is 0. The van der Waals surface area contributed by atoms with E-state index in [2.05, 4.69) is 22.6 Å². The quantitative estimate of drug-likeness (QED) is 0.391. The largest absolute Gasteiger partial charge is 0.307 e. The predicted molar refractivity (Wildman–Crippen MR) is 27.1 cm³/mol. The van der Waals surface area contributed by atoms with Crippen molar-refractivity contribution in [1.82, 2.24) is 0 Å². The average molecular weight is 172 g/mol. The van der Waals surface area contributed by atoms with E-state index >= 15 is 0 Å². The van der Waals surface area contributed by atoms with Crippen molar-refractivity contribution in [2.24, 2.45) is 0 Å². The van der Waals surface area contributed by atoms with Gasteiger partial charge in [-0.15, -0.1) is 0 Å². The highest BCUT2D eigenvalue weighted by molar-refractivity contribution is 14.1. The van der Waals surface area contributed by atoms with Crippen LogP contribution in [0.3, 0.4) is 0 Å². The van der Waals surface area contributed by atoms with Crippen molar-refractivity contribution >= 4 is 29.4 Å². The van der Waals surface area contributed by atoms with Crippen molar-refractivity contribution < 1.29 is 4.79 Å². The van der Waals surface area contributed by atoms with Crippen LogP contribution in [0.25, 0.3) is 0 Å². The number of halogens is 1. The van der Waals surface area contributed by atoms with Crippen LogP contribution in [0.15, 0.2) is 0 Å². The van der Waals surface area contributed by atoms with Crippen LogP contribution in [0.5, 0.6) is 0 Å². The minimum absolute atomic E-state index is 1.97. The Labute approximate surface area is 39.5 Å². The molecule has 0 aliphatic heterocycles. The van der Waals surface area contributed by atoms with E-state index in [0.29, 0.717) is 0 Å². The van der Waals surface area contributed by atoms with E-state index in [-0.39, 0.29) is 0 Å². The Bertz CT molecular complexity index is 6.00. The smallest absolute Gasteiger partial charge is 0.106 e. The van der Waals surface area contributed by atoms with Gasteiger partial charge in [-0.05, 0) is 4.93 Å². The van der Waals surface area contributed by atoms with Crippen LogP contribution >= 0.6 is 22.6 Å². The molecule has 0 amide bonds. The van der Waals surface area contributed by atoms with Gasteiger partial charge in [-0.3, -0.25) is 0 Å². The van der Waals surface area contributed by atoms with Crippen LogP contribution in [0, 0.1) is 0 Å². The summed E-state index contributed by atoms with van der Waals surface area (Å²) in [5, 5.41) is 0. The normalized spacial score (nSPS) is 2.50. The summed E-state index contributed by atoms with van der Waals surface area (Å²) in [5.41, 5.74) is 0. The average Bonchev–Trinajstić information content (AvgIpc) is 1.50. The van der Waals surface area contributed by atoms with Crippen molar-refractivity contribution in [1.29, 1.82) is 0 Å². The van der Waals surface area contributed by atoms with Crippen LogP contribution in [-0.2, 0) is 4.79 Å². The van der Waals surface area contributed by atoms with Crippen LogP contribution in [-0.4, -0.2) is 11.7 Å². The SMILES string of the molecule is C=O.CI. The van der Waals surface area contributed by atoms with Crippen LogP contribution in [0.4, 0.5) is 0 Å². The van der Waals surface area contributed by atoms with Gasteiger partial charge in [-0.25, -0.2) is 0 Å². The van der Waals surface area contributed by atoms with Gasteiger partial charge in [0, 0.05) is 0 Å². The first kappa shape index (κ1) is 8.83. The molecule has 0 heterocycles. The molecule has 0 aliphatic rings. The monoisotopic (exact) mass is 172 g/mol. The molecule has 0 atom stereocenters. The Balaban J connectivity index is 0. The molecule has 2 heteroatoms. The van der Waals surface area contributed by atoms with Crippen LogP contribution < -0.4 is 0 Å². The summed E-state index contributed by atoms with van der Waals surface area (Å²) in [6, 6.07) is 0. The fourth-order valence-electron chi connectivity index (χ4n) is 0. The lowest BCUT2D eigenvalue weighted by Crippen LogP contribution is -0.925. The lowest BCUT2D eigenvalue weighted by atomic mass is 11.9. The Morgan fingerprint density at radius 1 is 1.50 bits per heavy atom. The zero-order valence-corrected chi connectivity index (χ0v) is 4.65. The number of hydrogen-bond acceptors (Lipinski definition) is 1. The van der Waals surface area contributed by atoms with Crippen molar-refractivity contribution in [3.63, 3.8) is 0 Å². The predicted octanol–water partition coefficient (Wildman–Crippen LogP) is 0.866. The minimum Gasteiger partial charge on any atom is -0.307 e. The summed E-state index contributed by atoms with van der Waals surface area (Å²) in [5.74, 6) is 0. The van der Waals surface area contributed by atoms with E-state index < -0.39 is 0 Å². The molecule has 0 saturated carbocycles. The highest BCUT2D eigenvalue weighted by Crippen LogP contribution is 1.48. The summed E-state index contributed by atoms with van der Waals surface area (Å²) < 4.78 is 0. The summed E-state index contributed by atoms with van der Waals surface area (Å²) in [7, 11) is 0. The van der Waals surface area contributed by atoms with Gasteiger partial charge >= 0.3 is 0 Å². The molecule has 0 saturated heterocycles. The molecule has 0 unspecified atom stereocenters. The molecule has 0 bridgehead atoms. The zero-order valence-electron chi connectivity index (χ0n) is 2.49. The molecule has 4 heavy (non-hydrogen) atoms. The fourth-order valence-corrected chi connectivity index (χ4v) is 0. The van der Waals surface area contributed by atoms with Crippen molar-refractivity contribution in [2.45, 2.75) is 0 Å². The van der Waals surface area contributed by atoms with Gasteiger partial charge in [-0.1, -0.05) is 22.6 Å². The Morgan fingerprint density at radius 2 is 1.50 bits per heavy atom. The molecule has 0 radical (unpaired) electrons. The van der Waals surface area contributed by atoms with Gasteiger partial charge in [-0.2, -0.15) is 0 Å². The zero-order chi connectivity index (χ0) is 4.00. The molecule has 0 rings (SSSR count). The molecular formula is C2H5IO. The second kappa shape index (κ2) is 122. The fraction of sp³-hybridized carbons (Fsp3) is 0.500. The van der Waals surface area contributed by atoms with Gasteiger partial charge < -0.3 is 4.79 Å². The van der Waals surface area contributed by atoms with Gasteiger partial charge in [0.1, 0.15) is 6.79 Å². The van der Waals surface area contributed by atoms with E-state index in [1.54, 1.807) is 0 Å². The molecule has 0 fully saturated rings. The number of carbonyl (C=O) groups excluding carboxylic acids is 1. The Hall–Kier alpha value is 0.400. The number of hydrogen-bond donors (Lipinski definition) is 0. The third kappa shape index (κ3) is 29.4. The molecule has 0 aromatic rings. The van der Waals surface area contributed by atoms with Crippen molar-refractivity contribution in [3.05, 3.63) is 0 Å². The molecule has 0 aromatic carbocycles. The number of carbonyl (C=O) groups is 1. The molecule has 26 valence electrons. The standard InChI is InChI=1S/CH3I.CH2O/c2*1-2/h1H3;1H2. The first-order chi connectivity index (χ1) is 2.00.